The van der Waals surface area contributed by atoms with Gasteiger partial charge in [-0.3, -0.25) is 0 Å². The molecule has 0 spiro atoms. The number of hydrogen-bond donors (Lipinski definition) is 1. The summed E-state index contributed by atoms with van der Waals surface area (Å²) in [7, 11) is 0. The van der Waals surface area contributed by atoms with E-state index in [0.717, 1.165) is 37.4 Å². The fourth-order valence-corrected chi connectivity index (χ4v) is 2.06. The molecule has 0 atom stereocenters. The van der Waals surface area contributed by atoms with Crippen molar-refractivity contribution in [2.24, 2.45) is 5.41 Å². The molecule has 0 amide bonds. The van der Waals surface area contributed by atoms with E-state index >= 15 is 0 Å². The molecule has 0 bridgehead atoms. The van der Waals surface area contributed by atoms with Gasteiger partial charge < -0.3 is 14.8 Å². The molecular weight excluding hydrogens is 252 g/mol. The Morgan fingerprint density at radius 2 is 1.95 bits per heavy atom. The van der Waals surface area contributed by atoms with E-state index in [1.807, 2.05) is 19.9 Å². The maximum Gasteiger partial charge on any atom is 0.161 e. The average molecular weight is 274 g/mol. The van der Waals surface area contributed by atoms with Crippen molar-refractivity contribution in [1.29, 1.82) is 5.26 Å². The summed E-state index contributed by atoms with van der Waals surface area (Å²) >= 11 is 0. The van der Waals surface area contributed by atoms with Gasteiger partial charge in [-0.2, -0.15) is 5.26 Å². The van der Waals surface area contributed by atoms with Gasteiger partial charge >= 0.3 is 0 Å². The Balaban J connectivity index is 1.74. The molecule has 1 aliphatic rings. The van der Waals surface area contributed by atoms with Crippen LogP contribution >= 0.6 is 0 Å². The highest BCUT2D eigenvalue weighted by Gasteiger charge is 2.15. The number of fused-ring (bicyclic) bond motifs is 1. The first kappa shape index (κ1) is 14.7. The highest BCUT2D eigenvalue weighted by Crippen LogP contribution is 2.30. The summed E-state index contributed by atoms with van der Waals surface area (Å²) in [5.74, 6) is 1.68. The quantitative estimate of drug-likeness (QED) is 0.810. The van der Waals surface area contributed by atoms with Crippen LogP contribution in [0.1, 0.15) is 25.8 Å². The Labute approximate surface area is 120 Å². The Morgan fingerprint density at radius 1 is 1.20 bits per heavy atom. The Morgan fingerprint density at radius 3 is 2.70 bits per heavy atom. The molecule has 1 aliphatic heterocycles. The maximum absolute atomic E-state index is 8.94. The van der Waals surface area contributed by atoms with Crippen molar-refractivity contribution in [2.45, 2.75) is 26.7 Å². The molecule has 0 unspecified atom stereocenters. The van der Waals surface area contributed by atoms with Crippen molar-refractivity contribution in [1.82, 2.24) is 5.32 Å². The lowest BCUT2D eigenvalue weighted by molar-refractivity contribution is 0.171. The molecule has 20 heavy (non-hydrogen) atoms. The highest BCUT2D eigenvalue weighted by molar-refractivity contribution is 5.43. The predicted molar refractivity (Wildman–Crippen MR) is 78.0 cm³/mol. The molecule has 0 saturated heterocycles. The lowest BCUT2D eigenvalue weighted by atomic mass is 9.91. The number of nitrogens with one attached hydrogen (secondary N) is 1. The summed E-state index contributed by atoms with van der Waals surface area (Å²) in [6.07, 6.45) is 1.81. The highest BCUT2D eigenvalue weighted by atomic mass is 16.6. The number of hydrogen-bond acceptors (Lipinski definition) is 4. The number of rotatable bonds is 6. The van der Waals surface area contributed by atoms with E-state index in [1.54, 1.807) is 0 Å². The van der Waals surface area contributed by atoms with Gasteiger partial charge in [-0.15, -0.1) is 0 Å². The molecule has 1 N–H and O–H groups in total. The fraction of sp³-hybridized carbons (Fsp3) is 0.562. The third-order valence-corrected chi connectivity index (χ3v) is 3.43. The Kier molecular flexibility index (Phi) is 4.86. The van der Waals surface area contributed by atoms with Gasteiger partial charge in [0.2, 0.25) is 0 Å². The van der Waals surface area contributed by atoms with Crippen molar-refractivity contribution in [2.75, 3.05) is 26.3 Å². The van der Waals surface area contributed by atoms with Crippen LogP contribution in [0.25, 0.3) is 0 Å². The normalized spacial score (nSPS) is 13.8. The molecule has 0 fully saturated rings. The monoisotopic (exact) mass is 274 g/mol. The van der Waals surface area contributed by atoms with E-state index in [0.29, 0.717) is 13.2 Å². The molecule has 0 radical (unpaired) electrons. The zero-order valence-corrected chi connectivity index (χ0v) is 12.2. The number of ether oxygens (including phenoxy) is 2. The van der Waals surface area contributed by atoms with E-state index in [2.05, 4.69) is 23.5 Å². The summed E-state index contributed by atoms with van der Waals surface area (Å²) < 4.78 is 11.1. The van der Waals surface area contributed by atoms with Gasteiger partial charge in [-0.25, -0.2) is 0 Å². The van der Waals surface area contributed by atoms with Crippen molar-refractivity contribution < 1.29 is 9.47 Å². The van der Waals surface area contributed by atoms with Gasteiger partial charge in [0.15, 0.2) is 11.5 Å². The molecule has 0 saturated carbocycles. The third kappa shape index (κ3) is 4.14. The van der Waals surface area contributed by atoms with Gasteiger partial charge in [0.1, 0.15) is 13.2 Å². The van der Waals surface area contributed by atoms with E-state index in [-0.39, 0.29) is 5.41 Å². The Bertz CT molecular complexity index is 492. The van der Waals surface area contributed by atoms with Gasteiger partial charge in [-0.05, 0) is 57.5 Å². The Hall–Kier alpha value is -1.73. The van der Waals surface area contributed by atoms with Crippen LogP contribution in [0.5, 0.6) is 11.5 Å². The minimum atomic E-state index is -0.246. The molecule has 2 rings (SSSR count). The summed E-state index contributed by atoms with van der Waals surface area (Å²) in [6, 6.07) is 8.42. The lowest BCUT2D eigenvalue weighted by Gasteiger charge is -2.19. The smallest absolute Gasteiger partial charge is 0.161 e. The summed E-state index contributed by atoms with van der Waals surface area (Å²) in [4.78, 5) is 0. The van der Waals surface area contributed by atoms with Crippen LogP contribution in [0.4, 0.5) is 0 Å². The first-order valence-corrected chi connectivity index (χ1v) is 7.11. The second-order valence-corrected chi connectivity index (χ2v) is 5.72. The van der Waals surface area contributed by atoms with E-state index in [4.69, 9.17) is 14.7 Å². The first-order valence-electron chi connectivity index (χ1n) is 7.11. The topological polar surface area (TPSA) is 54.3 Å². The average Bonchev–Trinajstić information content (AvgIpc) is 2.46. The van der Waals surface area contributed by atoms with Gasteiger partial charge in [0.05, 0.1) is 11.5 Å². The van der Waals surface area contributed by atoms with Crippen LogP contribution < -0.4 is 14.8 Å². The van der Waals surface area contributed by atoms with Crippen LogP contribution in [0, 0.1) is 16.7 Å². The minimum absolute atomic E-state index is 0.246. The van der Waals surface area contributed by atoms with E-state index in [1.165, 1.54) is 5.56 Å². The van der Waals surface area contributed by atoms with Gasteiger partial charge in [0, 0.05) is 0 Å². The summed E-state index contributed by atoms with van der Waals surface area (Å²) in [5.41, 5.74) is 0.991. The summed E-state index contributed by atoms with van der Waals surface area (Å²) in [5, 5.41) is 12.3. The second kappa shape index (κ2) is 6.62. The van der Waals surface area contributed by atoms with Crippen LogP contribution in [-0.2, 0) is 6.42 Å². The predicted octanol–water partition coefficient (Wildman–Crippen LogP) is 2.53. The van der Waals surface area contributed by atoms with Crippen molar-refractivity contribution in [3.63, 3.8) is 0 Å². The number of nitriles is 1. The van der Waals surface area contributed by atoms with Gasteiger partial charge in [-0.1, -0.05) is 6.07 Å². The van der Waals surface area contributed by atoms with Crippen molar-refractivity contribution in [3.05, 3.63) is 23.8 Å². The van der Waals surface area contributed by atoms with Crippen LogP contribution in [0.15, 0.2) is 18.2 Å². The SMILES string of the molecule is CC(C)(C#N)CCNCCc1ccc2c(c1)OCCO2. The van der Waals surface area contributed by atoms with Crippen LogP contribution in [0.3, 0.4) is 0 Å². The molecule has 4 nitrogen and oxygen atoms in total. The minimum Gasteiger partial charge on any atom is -0.486 e. The third-order valence-electron chi connectivity index (χ3n) is 3.43. The van der Waals surface area contributed by atoms with E-state index in [9.17, 15) is 0 Å². The molecule has 0 aliphatic carbocycles. The second-order valence-electron chi connectivity index (χ2n) is 5.72. The number of nitrogens with zero attached hydrogens (tertiary/aromatic N) is 1. The molecule has 1 aromatic rings. The van der Waals surface area contributed by atoms with Crippen LogP contribution in [-0.4, -0.2) is 26.3 Å². The summed E-state index contributed by atoms with van der Waals surface area (Å²) in [6.45, 7) is 6.96. The van der Waals surface area contributed by atoms with E-state index < -0.39 is 0 Å². The van der Waals surface area contributed by atoms with Crippen LogP contribution in [0.2, 0.25) is 0 Å². The van der Waals surface area contributed by atoms with Crippen molar-refractivity contribution in [3.8, 4) is 17.6 Å². The standard InChI is InChI=1S/C16H22N2O2/c1-16(2,12-17)6-8-18-7-5-13-3-4-14-15(11-13)20-10-9-19-14/h3-4,11,18H,5-10H2,1-2H3. The molecular formula is C16H22N2O2. The maximum atomic E-state index is 8.94. The zero-order valence-electron chi connectivity index (χ0n) is 12.2. The molecule has 108 valence electrons. The molecule has 4 heteroatoms. The largest absolute Gasteiger partial charge is 0.486 e. The molecule has 1 heterocycles. The molecule has 0 aromatic heterocycles. The molecule has 1 aromatic carbocycles. The first-order chi connectivity index (χ1) is 9.61. The zero-order chi connectivity index (χ0) is 14.4. The fourth-order valence-electron chi connectivity index (χ4n) is 2.06. The van der Waals surface area contributed by atoms with Crippen molar-refractivity contribution >= 4 is 0 Å². The van der Waals surface area contributed by atoms with Gasteiger partial charge in [0.25, 0.3) is 0 Å². The number of benzene rings is 1. The lowest BCUT2D eigenvalue weighted by Crippen LogP contribution is -2.23.